The molecule has 12 nitrogen and oxygen atoms in total. The van der Waals surface area contributed by atoms with E-state index in [4.69, 9.17) is 14.4 Å². The molecular formula is C39H42N6O6. The van der Waals surface area contributed by atoms with Gasteiger partial charge in [-0.05, 0) is 47.2 Å². The van der Waals surface area contributed by atoms with Gasteiger partial charge in [0.05, 0.1) is 18.6 Å². The van der Waals surface area contributed by atoms with Crippen molar-refractivity contribution in [3.8, 4) is 40.0 Å². The molecule has 0 spiro atoms. The Bertz CT molecular complexity index is 1930. The van der Waals surface area contributed by atoms with Crippen LogP contribution in [0, 0.1) is 0 Å². The van der Waals surface area contributed by atoms with Gasteiger partial charge in [0.1, 0.15) is 11.8 Å². The van der Waals surface area contributed by atoms with Crippen molar-refractivity contribution < 1.29 is 28.8 Å². The maximum atomic E-state index is 13.2. The monoisotopic (exact) mass is 690 g/mol. The Kier molecular flexibility index (Phi) is 11.9. The summed E-state index contributed by atoms with van der Waals surface area (Å²) in [7, 11) is 0. The topological polar surface area (TPSA) is 169 Å². The molecule has 0 bridgehead atoms. The predicted molar refractivity (Wildman–Crippen MR) is 192 cm³/mol. The maximum absolute atomic E-state index is 13.2. The SMILES string of the molecule is CCCCOc1cccc(-c2noc(-c3cnc(-c4ccc(C[C@H](NC(=O)c5ccc(C(C)(C)C)cc5)C(=O)NCCC(=O)O)cc4)nc3)n2)c1. The molecule has 51 heavy (non-hydrogen) atoms. The number of nitrogens with zero attached hydrogens (tertiary/aromatic N) is 4. The maximum Gasteiger partial charge on any atom is 0.305 e. The molecule has 2 amide bonds. The van der Waals surface area contributed by atoms with Crippen LogP contribution in [-0.2, 0) is 21.4 Å². The van der Waals surface area contributed by atoms with Crippen LogP contribution in [0.3, 0.4) is 0 Å². The molecule has 2 aromatic heterocycles. The van der Waals surface area contributed by atoms with Crippen molar-refractivity contribution in [3.63, 3.8) is 0 Å². The van der Waals surface area contributed by atoms with Crippen LogP contribution < -0.4 is 15.4 Å². The average molecular weight is 691 g/mol. The summed E-state index contributed by atoms with van der Waals surface area (Å²) in [5.74, 6) is 0.00694. The van der Waals surface area contributed by atoms with Crippen LogP contribution in [0.15, 0.2) is 89.7 Å². The summed E-state index contributed by atoms with van der Waals surface area (Å²) < 4.78 is 11.3. The zero-order chi connectivity index (χ0) is 36.4. The molecule has 3 N–H and O–H groups in total. The highest BCUT2D eigenvalue weighted by Crippen LogP contribution is 2.26. The van der Waals surface area contributed by atoms with E-state index in [1.165, 1.54) is 0 Å². The third-order valence-corrected chi connectivity index (χ3v) is 8.11. The van der Waals surface area contributed by atoms with Crippen molar-refractivity contribution in [1.29, 1.82) is 0 Å². The van der Waals surface area contributed by atoms with Crippen molar-refractivity contribution in [1.82, 2.24) is 30.7 Å². The van der Waals surface area contributed by atoms with Crippen molar-refractivity contribution in [2.24, 2.45) is 0 Å². The van der Waals surface area contributed by atoms with Gasteiger partial charge in [-0.2, -0.15) is 4.98 Å². The first-order valence-corrected chi connectivity index (χ1v) is 16.9. The number of carboxylic acids is 1. The van der Waals surface area contributed by atoms with Gasteiger partial charge < -0.3 is 25.0 Å². The van der Waals surface area contributed by atoms with Crippen LogP contribution in [0.4, 0.5) is 0 Å². The molecule has 5 aromatic rings. The number of amides is 2. The zero-order valence-electron chi connectivity index (χ0n) is 29.2. The quantitative estimate of drug-likeness (QED) is 0.106. The standard InChI is InChI=1S/C39H42N6O6/c1-5-6-20-50-31-9-7-8-28(22-31)35-44-38(51-45-35)29-23-41-34(42-24-29)26-12-10-25(11-13-26)21-32(37(49)40-19-18-33(46)47)43-36(48)27-14-16-30(17-15-27)39(2,3)4/h7-17,22-24,32H,5-6,18-21H2,1-4H3,(H,40,49)(H,43,48)(H,46,47)/t32-/m0/s1. The normalized spacial score (nSPS) is 11.8. The number of carbonyl (C=O) groups excluding carboxylic acids is 2. The Morgan fingerprint density at radius 2 is 1.63 bits per heavy atom. The molecule has 0 aliphatic carbocycles. The number of ether oxygens (including phenoxy) is 1. The van der Waals surface area contributed by atoms with E-state index in [-0.39, 0.29) is 30.7 Å². The van der Waals surface area contributed by atoms with Crippen molar-refractivity contribution in [2.45, 2.75) is 64.8 Å². The molecule has 0 saturated heterocycles. The summed E-state index contributed by atoms with van der Waals surface area (Å²) in [6, 6.07) is 21.2. The fourth-order valence-electron chi connectivity index (χ4n) is 5.12. The van der Waals surface area contributed by atoms with Gasteiger partial charge >= 0.3 is 5.97 Å². The summed E-state index contributed by atoms with van der Waals surface area (Å²) >= 11 is 0. The minimum Gasteiger partial charge on any atom is -0.494 e. The molecule has 0 aliphatic rings. The summed E-state index contributed by atoms with van der Waals surface area (Å²) in [5.41, 5.74) is 4.26. The molecule has 2 heterocycles. The molecule has 1 atom stereocenters. The van der Waals surface area contributed by atoms with Crippen LogP contribution >= 0.6 is 0 Å². The van der Waals surface area contributed by atoms with E-state index in [1.807, 2.05) is 60.7 Å². The van der Waals surface area contributed by atoms with Crippen molar-refractivity contribution in [2.75, 3.05) is 13.2 Å². The van der Waals surface area contributed by atoms with E-state index in [0.717, 1.165) is 40.8 Å². The number of rotatable bonds is 15. The second-order valence-corrected chi connectivity index (χ2v) is 13.1. The first-order valence-electron chi connectivity index (χ1n) is 16.9. The lowest BCUT2D eigenvalue weighted by atomic mass is 9.86. The van der Waals surface area contributed by atoms with E-state index in [9.17, 15) is 14.4 Å². The van der Waals surface area contributed by atoms with Gasteiger partial charge in [0.25, 0.3) is 11.8 Å². The van der Waals surface area contributed by atoms with Gasteiger partial charge in [0.15, 0.2) is 5.82 Å². The fraction of sp³-hybridized carbons (Fsp3) is 0.308. The average Bonchev–Trinajstić information content (AvgIpc) is 3.62. The van der Waals surface area contributed by atoms with Crippen molar-refractivity contribution in [3.05, 3.63) is 102 Å². The zero-order valence-corrected chi connectivity index (χ0v) is 29.2. The lowest BCUT2D eigenvalue weighted by Crippen LogP contribution is -2.48. The molecule has 0 saturated carbocycles. The second kappa shape index (κ2) is 16.7. The van der Waals surface area contributed by atoms with E-state index >= 15 is 0 Å². The number of benzene rings is 3. The number of aromatic nitrogens is 4. The minimum atomic E-state index is -1.03. The summed E-state index contributed by atoms with van der Waals surface area (Å²) in [4.78, 5) is 50.8. The van der Waals surface area contributed by atoms with Crippen LogP contribution in [0.25, 0.3) is 34.2 Å². The third kappa shape index (κ3) is 10.1. The Labute approximate surface area is 296 Å². The summed E-state index contributed by atoms with van der Waals surface area (Å²) in [6.45, 7) is 8.96. The highest BCUT2D eigenvalue weighted by molar-refractivity contribution is 5.97. The van der Waals surface area contributed by atoms with Crippen LogP contribution in [0.5, 0.6) is 5.75 Å². The second-order valence-electron chi connectivity index (χ2n) is 13.1. The molecule has 0 unspecified atom stereocenters. The van der Waals surface area contributed by atoms with Gasteiger partial charge in [-0.3, -0.25) is 14.4 Å². The first kappa shape index (κ1) is 36.4. The molecular weight excluding hydrogens is 648 g/mol. The molecule has 264 valence electrons. The highest BCUT2D eigenvalue weighted by atomic mass is 16.5. The molecule has 0 radical (unpaired) electrons. The summed E-state index contributed by atoms with van der Waals surface area (Å²) in [5, 5.41) is 18.6. The minimum absolute atomic E-state index is 0.0563. The Morgan fingerprint density at radius 1 is 0.902 bits per heavy atom. The third-order valence-electron chi connectivity index (χ3n) is 8.11. The van der Waals surface area contributed by atoms with Gasteiger partial charge in [-0.25, -0.2) is 9.97 Å². The molecule has 3 aromatic carbocycles. The number of hydrogen-bond acceptors (Lipinski definition) is 9. The highest BCUT2D eigenvalue weighted by Gasteiger charge is 2.23. The number of nitrogens with one attached hydrogen (secondary N) is 2. The summed E-state index contributed by atoms with van der Waals surface area (Å²) in [6.07, 6.45) is 5.19. The molecule has 12 heteroatoms. The number of aliphatic carboxylic acids is 1. The largest absolute Gasteiger partial charge is 0.494 e. The fourth-order valence-corrected chi connectivity index (χ4v) is 5.12. The lowest BCUT2D eigenvalue weighted by molar-refractivity contribution is -0.137. The van der Waals surface area contributed by atoms with Crippen LogP contribution in [-0.4, -0.2) is 62.2 Å². The van der Waals surface area contributed by atoms with Gasteiger partial charge in [-0.15, -0.1) is 0 Å². The van der Waals surface area contributed by atoms with E-state index in [0.29, 0.717) is 29.4 Å². The number of unbranched alkanes of at least 4 members (excludes halogenated alkanes) is 1. The van der Waals surface area contributed by atoms with Gasteiger partial charge in [-0.1, -0.05) is 87.8 Å². The van der Waals surface area contributed by atoms with Crippen molar-refractivity contribution >= 4 is 17.8 Å². The number of carboxylic acid groups (broad SMARTS) is 1. The van der Waals surface area contributed by atoms with E-state index < -0.39 is 23.8 Å². The lowest BCUT2D eigenvalue weighted by Gasteiger charge is -2.20. The number of carbonyl (C=O) groups is 3. The smallest absolute Gasteiger partial charge is 0.305 e. The molecule has 0 aliphatic heterocycles. The van der Waals surface area contributed by atoms with E-state index in [1.54, 1.807) is 24.5 Å². The Balaban J connectivity index is 1.25. The Morgan fingerprint density at radius 3 is 2.29 bits per heavy atom. The van der Waals surface area contributed by atoms with Crippen LogP contribution in [0.1, 0.15) is 68.4 Å². The molecule has 5 rings (SSSR count). The molecule has 0 fully saturated rings. The van der Waals surface area contributed by atoms with E-state index in [2.05, 4.69) is 58.4 Å². The predicted octanol–water partition coefficient (Wildman–Crippen LogP) is 6.27. The van der Waals surface area contributed by atoms with Gasteiger partial charge in [0, 0.05) is 42.0 Å². The van der Waals surface area contributed by atoms with Gasteiger partial charge in [0.2, 0.25) is 11.7 Å². The number of hydrogen-bond donors (Lipinski definition) is 3. The first-order chi connectivity index (χ1) is 24.5. The van der Waals surface area contributed by atoms with Crippen LogP contribution in [0.2, 0.25) is 0 Å². The Hall–Kier alpha value is -5.91.